The van der Waals surface area contributed by atoms with Crippen LogP contribution in [0.15, 0.2) is 35.7 Å². The predicted octanol–water partition coefficient (Wildman–Crippen LogP) is 3.16. The first-order valence-corrected chi connectivity index (χ1v) is 7.24. The summed E-state index contributed by atoms with van der Waals surface area (Å²) in [4.78, 5) is 24.2. The molecule has 0 radical (unpaired) electrons. The van der Waals surface area contributed by atoms with Crippen LogP contribution in [0.3, 0.4) is 0 Å². The van der Waals surface area contributed by atoms with Gasteiger partial charge in [0.25, 0.3) is 0 Å². The van der Waals surface area contributed by atoms with Gasteiger partial charge < -0.3 is 15.4 Å². The Kier molecular flexibility index (Phi) is 4.94. The van der Waals surface area contributed by atoms with Crippen molar-refractivity contribution in [2.45, 2.75) is 13.5 Å². The summed E-state index contributed by atoms with van der Waals surface area (Å²) in [5.41, 5.74) is 2.23. The van der Waals surface area contributed by atoms with Crippen molar-refractivity contribution in [3.05, 3.63) is 51.7 Å². The van der Waals surface area contributed by atoms with E-state index in [1.54, 1.807) is 35.6 Å². The quantitative estimate of drug-likeness (QED) is 0.853. The van der Waals surface area contributed by atoms with Crippen LogP contribution in [0.5, 0.6) is 0 Å². The van der Waals surface area contributed by atoms with E-state index in [9.17, 15) is 9.59 Å². The molecule has 0 aliphatic heterocycles. The number of hydrogen-bond donors (Lipinski definition) is 2. The lowest BCUT2D eigenvalue weighted by atomic mass is 10.2. The van der Waals surface area contributed by atoms with Crippen LogP contribution >= 0.6 is 11.3 Å². The minimum Gasteiger partial charge on any atom is -0.465 e. The van der Waals surface area contributed by atoms with E-state index >= 15 is 0 Å². The highest BCUT2D eigenvalue weighted by molar-refractivity contribution is 7.10. The van der Waals surface area contributed by atoms with E-state index in [1.807, 2.05) is 18.4 Å². The van der Waals surface area contributed by atoms with Crippen LogP contribution in [0.1, 0.15) is 20.8 Å². The molecular weight excluding hydrogens is 288 g/mol. The summed E-state index contributed by atoms with van der Waals surface area (Å²) in [5, 5.41) is 7.50. The highest BCUT2D eigenvalue weighted by Gasteiger charge is 2.07. The van der Waals surface area contributed by atoms with Gasteiger partial charge in [-0.2, -0.15) is 0 Å². The number of ether oxygens (including phenoxy) is 1. The van der Waals surface area contributed by atoms with Gasteiger partial charge in [0.2, 0.25) is 0 Å². The molecular formula is C15H16N2O3S. The predicted molar refractivity (Wildman–Crippen MR) is 82.7 cm³/mol. The molecule has 2 amide bonds. The van der Waals surface area contributed by atoms with Crippen molar-refractivity contribution in [1.29, 1.82) is 0 Å². The molecule has 0 fully saturated rings. The summed E-state index contributed by atoms with van der Waals surface area (Å²) >= 11 is 1.61. The van der Waals surface area contributed by atoms with Gasteiger partial charge in [-0.15, -0.1) is 11.3 Å². The summed E-state index contributed by atoms with van der Waals surface area (Å²) < 4.78 is 4.61. The van der Waals surface area contributed by atoms with Gasteiger partial charge >= 0.3 is 12.0 Å². The second-order valence-corrected chi connectivity index (χ2v) is 5.40. The van der Waals surface area contributed by atoms with E-state index in [0.717, 1.165) is 4.88 Å². The van der Waals surface area contributed by atoms with Crippen molar-refractivity contribution in [2.75, 3.05) is 12.4 Å². The first-order chi connectivity index (χ1) is 10.1. The molecule has 0 saturated heterocycles. The fourth-order valence-electron chi connectivity index (χ4n) is 1.73. The van der Waals surface area contributed by atoms with Gasteiger partial charge in [0.1, 0.15) is 0 Å². The lowest BCUT2D eigenvalue weighted by Gasteiger charge is -2.08. The van der Waals surface area contributed by atoms with Crippen molar-refractivity contribution in [3.8, 4) is 0 Å². The number of benzene rings is 1. The topological polar surface area (TPSA) is 67.4 Å². The SMILES string of the molecule is COC(=O)c1ccc(NC(=O)NCc2sccc2C)cc1. The van der Waals surface area contributed by atoms with Crippen molar-refractivity contribution < 1.29 is 14.3 Å². The maximum atomic E-state index is 11.8. The molecule has 0 saturated carbocycles. The zero-order chi connectivity index (χ0) is 15.2. The molecule has 0 spiro atoms. The number of amides is 2. The molecule has 2 rings (SSSR count). The van der Waals surface area contributed by atoms with Gasteiger partial charge in [-0.3, -0.25) is 0 Å². The first kappa shape index (κ1) is 15.1. The van der Waals surface area contributed by atoms with Crippen molar-refractivity contribution in [1.82, 2.24) is 5.32 Å². The summed E-state index contributed by atoms with van der Waals surface area (Å²) in [5.74, 6) is -0.404. The Balaban J connectivity index is 1.88. The maximum Gasteiger partial charge on any atom is 0.337 e. The van der Waals surface area contributed by atoms with Crippen LogP contribution in [0.25, 0.3) is 0 Å². The Bertz CT molecular complexity index is 635. The zero-order valence-electron chi connectivity index (χ0n) is 11.8. The summed E-state index contributed by atoms with van der Waals surface area (Å²) in [6.07, 6.45) is 0. The maximum absolute atomic E-state index is 11.8. The van der Waals surface area contributed by atoms with E-state index in [0.29, 0.717) is 17.8 Å². The van der Waals surface area contributed by atoms with Crippen LogP contribution in [0.2, 0.25) is 0 Å². The van der Waals surface area contributed by atoms with Gasteiger partial charge in [-0.25, -0.2) is 9.59 Å². The number of aryl methyl sites for hydroxylation is 1. The van der Waals surface area contributed by atoms with Crippen LogP contribution in [-0.4, -0.2) is 19.1 Å². The third kappa shape index (κ3) is 4.06. The Hall–Kier alpha value is -2.34. The molecule has 0 aliphatic carbocycles. The van der Waals surface area contributed by atoms with Crippen LogP contribution in [0, 0.1) is 6.92 Å². The number of urea groups is 1. The van der Waals surface area contributed by atoms with Crippen molar-refractivity contribution in [2.24, 2.45) is 0 Å². The summed E-state index contributed by atoms with van der Waals surface area (Å²) in [6, 6.07) is 8.25. The normalized spacial score (nSPS) is 10.0. The van der Waals surface area contributed by atoms with Crippen LogP contribution in [0.4, 0.5) is 10.5 Å². The molecule has 1 heterocycles. The Labute approximate surface area is 126 Å². The van der Waals surface area contributed by atoms with E-state index in [2.05, 4.69) is 15.4 Å². The fourth-order valence-corrected chi connectivity index (χ4v) is 2.57. The molecule has 21 heavy (non-hydrogen) atoms. The second kappa shape index (κ2) is 6.90. The van der Waals surface area contributed by atoms with Crippen LogP contribution in [-0.2, 0) is 11.3 Å². The number of carbonyl (C=O) groups is 2. The highest BCUT2D eigenvalue weighted by atomic mass is 32.1. The number of nitrogens with one attached hydrogen (secondary N) is 2. The molecule has 0 aliphatic rings. The van der Waals surface area contributed by atoms with Gasteiger partial charge in [-0.05, 0) is 48.2 Å². The van der Waals surface area contributed by atoms with Crippen LogP contribution < -0.4 is 10.6 Å². The zero-order valence-corrected chi connectivity index (χ0v) is 12.6. The Morgan fingerprint density at radius 3 is 2.48 bits per heavy atom. The van der Waals surface area contributed by atoms with Crippen molar-refractivity contribution in [3.63, 3.8) is 0 Å². The molecule has 0 bridgehead atoms. The molecule has 0 atom stereocenters. The molecule has 1 aromatic carbocycles. The van der Waals surface area contributed by atoms with E-state index < -0.39 is 5.97 Å². The second-order valence-electron chi connectivity index (χ2n) is 4.40. The summed E-state index contributed by atoms with van der Waals surface area (Å²) in [7, 11) is 1.33. The number of esters is 1. The lowest BCUT2D eigenvalue weighted by molar-refractivity contribution is 0.0601. The third-order valence-electron chi connectivity index (χ3n) is 2.94. The Morgan fingerprint density at radius 1 is 1.19 bits per heavy atom. The standard InChI is InChI=1S/C15H16N2O3S/c1-10-7-8-21-13(10)9-16-15(19)17-12-5-3-11(4-6-12)14(18)20-2/h3-8H,9H2,1-2H3,(H2,16,17,19). The molecule has 2 N–H and O–H groups in total. The van der Waals surface area contributed by atoms with E-state index in [-0.39, 0.29) is 6.03 Å². The average molecular weight is 304 g/mol. The smallest absolute Gasteiger partial charge is 0.337 e. The molecule has 0 unspecified atom stereocenters. The van der Waals surface area contributed by atoms with Gasteiger partial charge in [0, 0.05) is 10.6 Å². The Morgan fingerprint density at radius 2 is 1.90 bits per heavy atom. The monoisotopic (exact) mass is 304 g/mol. The number of hydrogen-bond acceptors (Lipinski definition) is 4. The third-order valence-corrected chi connectivity index (χ3v) is 3.96. The van der Waals surface area contributed by atoms with Gasteiger partial charge in [-0.1, -0.05) is 0 Å². The number of thiophene rings is 1. The number of carbonyl (C=O) groups excluding carboxylic acids is 2. The number of methoxy groups -OCH3 is 1. The highest BCUT2D eigenvalue weighted by Crippen LogP contribution is 2.15. The van der Waals surface area contributed by atoms with Crippen molar-refractivity contribution >= 4 is 29.0 Å². The lowest BCUT2D eigenvalue weighted by Crippen LogP contribution is -2.28. The molecule has 6 heteroatoms. The molecule has 110 valence electrons. The molecule has 5 nitrogen and oxygen atoms in total. The average Bonchev–Trinajstić information content (AvgIpc) is 2.90. The largest absolute Gasteiger partial charge is 0.465 e. The van der Waals surface area contributed by atoms with E-state index in [1.165, 1.54) is 12.7 Å². The summed E-state index contributed by atoms with van der Waals surface area (Å²) in [6.45, 7) is 2.51. The minimum atomic E-state index is -0.404. The van der Waals surface area contributed by atoms with E-state index in [4.69, 9.17) is 0 Å². The minimum absolute atomic E-state index is 0.284. The van der Waals surface area contributed by atoms with Gasteiger partial charge in [0.05, 0.1) is 19.2 Å². The number of anilines is 1. The molecule has 1 aromatic heterocycles. The first-order valence-electron chi connectivity index (χ1n) is 6.36. The molecule has 2 aromatic rings. The number of rotatable bonds is 4. The van der Waals surface area contributed by atoms with Gasteiger partial charge in [0.15, 0.2) is 0 Å². The fraction of sp³-hybridized carbons (Fsp3) is 0.200.